The summed E-state index contributed by atoms with van der Waals surface area (Å²) in [5, 5.41) is 3.66. The summed E-state index contributed by atoms with van der Waals surface area (Å²) in [5.74, 6) is 0.771. The molecule has 0 fully saturated rings. The zero-order valence-electron chi connectivity index (χ0n) is 11.2. The number of rotatable bonds is 7. The molecule has 0 aromatic heterocycles. The molecule has 1 N–H and O–H groups in total. The van der Waals surface area contributed by atoms with E-state index in [1.807, 2.05) is 0 Å². The first kappa shape index (κ1) is 14.7. The Morgan fingerprint density at radius 2 is 1.82 bits per heavy atom. The zero-order chi connectivity index (χ0) is 12.7. The third kappa shape index (κ3) is 5.22. The van der Waals surface area contributed by atoms with Crippen molar-refractivity contribution in [2.75, 3.05) is 6.54 Å². The molecule has 0 saturated heterocycles. The molecule has 2 atom stereocenters. The molecule has 96 valence electrons. The van der Waals surface area contributed by atoms with Crippen LogP contribution in [0.4, 0.5) is 0 Å². The van der Waals surface area contributed by atoms with Crippen LogP contribution in [-0.4, -0.2) is 6.54 Å². The molecule has 0 amide bonds. The number of hydrogen-bond acceptors (Lipinski definition) is 1. The Morgan fingerprint density at radius 1 is 1.18 bits per heavy atom. The molecule has 2 heteroatoms. The maximum atomic E-state index is 3.66. The van der Waals surface area contributed by atoms with Gasteiger partial charge in [0.15, 0.2) is 0 Å². The molecule has 2 unspecified atom stereocenters. The highest BCUT2D eigenvalue weighted by molar-refractivity contribution is 9.10. The highest BCUT2D eigenvalue weighted by atomic mass is 79.9. The Bertz CT molecular complexity index is 307. The normalized spacial score (nSPS) is 14.6. The molecule has 0 saturated carbocycles. The van der Waals surface area contributed by atoms with E-state index in [0.29, 0.717) is 6.04 Å². The Balaban J connectivity index is 2.70. The fourth-order valence-corrected chi connectivity index (χ4v) is 2.18. The number of halogens is 1. The average molecular weight is 298 g/mol. The van der Waals surface area contributed by atoms with Crippen LogP contribution in [0.15, 0.2) is 28.7 Å². The van der Waals surface area contributed by atoms with Crippen molar-refractivity contribution in [3.63, 3.8) is 0 Å². The van der Waals surface area contributed by atoms with Gasteiger partial charge in [-0.3, -0.25) is 0 Å². The molecule has 0 heterocycles. The number of nitrogens with one attached hydrogen (secondary N) is 1. The molecular formula is C15H24BrN. The van der Waals surface area contributed by atoms with E-state index in [-0.39, 0.29) is 0 Å². The molecule has 0 radical (unpaired) electrons. The Hall–Kier alpha value is -0.340. The van der Waals surface area contributed by atoms with E-state index in [1.54, 1.807) is 0 Å². The van der Waals surface area contributed by atoms with Crippen molar-refractivity contribution in [3.8, 4) is 0 Å². The minimum atomic E-state index is 0.498. The minimum Gasteiger partial charge on any atom is -0.310 e. The van der Waals surface area contributed by atoms with Gasteiger partial charge in [0.25, 0.3) is 0 Å². The SMILES string of the molecule is CCCNC(CC(C)CC)c1ccc(Br)cc1. The molecule has 0 bridgehead atoms. The van der Waals surface area contributed by atoms with Crippen molar-refractivity contribution in [1.29, 1.82) is 0 Å². The van der Waals surface area contributed by atoms with Crippen LogP contribution in [0.25, 0.3) is 0 Å². The highest BCUT2D eigenvalue weighted by Gasteiger charge is 2.13. The highest BCUT2D eigenvalue weighted by Crippen LogP contribution is 2.24. The van der Waals surface area contributed by atoms with Gasteiger partial charge in [-0.25, -0.2) is 0 Å². The lowest BCUT2D eigenvalue weighted by molar-refractivity contribution is 0.402. The van der Waals surface area contributed by atoms with Gasteiger partial charge in [-0.2, -0.15) is 0 Å². The van der Waals surface area contributed by atoms with Crippen molar-refractivity contribution in [2.24, 2.45) is 5.92 Å². The molecule has 0 aliphatic rings. The van der Waals surface area contributed by atoms with Crippen LogP contribution >= 0.6 is 15.9 Å². The predicted molar refractivity (Wildman–Crippen MR) is 79.2 cm³/mol. The summed E-state index contributed by atoms with van der Waals surface area (Å²) < 4.78 is 1.15. The van der Waals surface area contributed by atoms with Gasteiger partial charge in [-0.15, -0.1) is 0 Å². The van der Waals surface area contributed by atoms with E-state index < -0.39 is 0 Å². The molecule has 17 heavy (non-hydrogen) atoms. The largest absolute Gasteiger partial charge is 0.310 e. The van der Waals surface area contributed by atoms with Crippen LogP contribution in [0.5, 0.6) is 0 Å². The van der Waals surface area contributed by atoms with Crippen LogP contribution in [0.3, 0.4) is 0 Å². The van der Waals surface area contributed by atoms with Gasteiger partial charge < -0.3 is 5.32 Å². The summed E-state index contributed by atoms with van der Waals surface area (Å²) in [4.78, 5) is 0. The summed E-state index contributed by atoms with van der Waals surface area (Å²) in [5.41, 5.74) is 1.40. The standard InChI is InChI=1S/C15H24BrN/c1-4-10-17-15(11-12(3)5-2)13-6-8-14(16)9-7-13/h6-9,12,15,17H,4-5,10-11H2,1-3H3. The van der Waals surface area contributed by atoms with Crippen molar-refractivity contribution in [1.82, 2.24) is 5.32 Å². The van der Waals surface area contributed by atoms with E-state index in [4.69, 9.17) is 0 Å². The number of benzene rings is 1. The third-order valence-corrected chi connectivity index (χ3v) is 3.78. The molecular weight excluding hydrogens is 274 g/mol. The summed E-state index contributed by atoms with van der Waals surface area (Å²) in [6.07, 6.45) is 3.66. The lowest BCUT2D eigenvalue weighted by Crippen LogP contribution is -2.23. The lowest BCUT2D eigenvalue weighted by Gasteiger charge is -2.22. The minimum absolute atomic E-state index is 0.498. The first-order valence-corrected chi connectivity index (χ1v) is 7.45. The fraction of sp³-hybridized carbons (Fsp3) is 0.600. The van der Waals surface area contributed by atoms with Gasteiger partial charge in [-0.1, -0.05) is 55.3 Å². The quantitative estimate of drug-likeness (QED) is 0.753. The molecule has 1 rings (SSSR count). The maximum absolute atomic E-state index is 3.66. The van der Waals surface area contributed by atoms with Crippen LogP contribution in [0, 0.1) is 5.92 Å². The van der Waals surface area contributed by atoms with E-state index in [2.05, 4.69) is 66.3 Å². The first-order valence-electron chi connectivity index (χ1n) is 6.66. The van der Waals surface area contributed by atoms with Gasteiger partial charge in [0.1, 0.15) is 0 Å². The number of hydrogen-bond donors (Lipinski definition) is 1. The smallest absolute Gasteiger partial charge is 0.0322 e. The van der Waals surface area contributed by atoms with E-state index in [9.17, 15) is 0 Å². The topological polar surface area (TPSA) is 12.0 Å². The maximum Gasteiger partial charge on any atom is 0.0322 e. The van der Waals surface area contributed by atoms with Gasteiger partial charge in [0, 0.05) is 10.5 Å². The van der Waals surface area contributed by atoms with E-state index in [0.717, 1.165) is 16.9 Å². The van der Waals surface area contributed by atoms with Crippen molar-refractivity contribution >= 4 is 15.9 Å². The monoisotopic (exact) mass is 297 g/mol. The van der Waals surface area contributed by atoms with Gasteiger partial charge in [0.05, 0.1) is 0 Å². The van der Waals surface area contributed by atoms with Crippen LogP contribution < -0.4 is 5.32 Å². The van der Waals surface area contributed by atoms with E-state index in [1.165, 1.54) is 24.8 Å². The first-order chi connectivity index (χ1) is 8.17. The fourth-order valence-electron chi connectivity index (χ4n) is 1.92. The van der Waals surface area contributed by atoms with Gasteiger partial charge in [-0.05, 0) is 43.0 Å². The van der Waals surface area contributed by atoms with Crippen molar-refractivity contribution in [3.05, 3.63) is 34.3 Å². The molecule has 0 spiro atoms. The zero-order valence-corrected chi connectivity index (χ0v) is 12.8. The molecule has 0 aliphatic heterocycles. The Kier molecular flexibility index (Phi) is 6.83. The Morgan fingerprint density at radius 3 is 2.35 bits per heavy atom. The Labute approximate surface area is 114 Å². The van der Waals surface area contributed by atoms with Crippen LogP contribution in [-0.2, 0) is 0 Å². The molecule has 1 nitrogen and oxygen atoms in total. The summed E-state index contributed by atoms with van der Waals surface area (Å²) >= 11 is 3.49. The molecule has 1 aromatic carbocycles. The van der Waals surface area contributed by atoms with E-state index >= 15 is 0 Å². The van der Waals surface area contributed by atoms with Crippen molar-refractivity contribution in [2.45, 2.75) is 46.1 Å². The molecule has 0 aliphatic carbocycles. The average Bonchev–Trinajstić information content (AvgIpc) is 2.35. The second-order valence-electron chi connectivity index (χ2n) is 4.81. The predicted octanol–water partition coefficient (Wildman–Crippen LogP) is 4.93. The lowest BCUT2D eigenvalue weighted by atomic mass is 9.94. The second-order valence-corrected chi connectivity index (χ2v) is 5.72. The van der Waals surface area contributed by atoms with Gasteiger partial charge >= 0.3 is 0 Å². The molecule has 1 aromatic rings. The van der Waals surface area contributed by atoms with Gasteiger partial charge in [0.2, 0.25) is 0 Å². The second kappa shape index (κ2) is 7.88. The summed E-state index contributed by atoms with van der Waals surface area (Å²) in [6.45, 7) is 7.91. The van der Waals surface area contributed by atoms with Crippen LogP contribution in [0.1, 0.15) is 51.6 Å². The third-order valence-electron chi connectivity index (χ3n) is 3.25. The van der Waals surface area contributed by atoms with Crippen LogP contribution in [0.2, 0.25) is 0 Å². The van der Waals surface area contributed by atoms with Crippen molar-refractivity contribution < 1.29 is 0 Å². The summed E-state index contributed by atoms with van der Waals surface area (Å²) in [6, 6.07) is 9.21. The summed E-state index contributed by atoms with van der Waals surface area (Å²) in [7, 11) is 0.